The predicted molar refractivity (Wildman–Crippen MR) is 84.9 cm³/mol. The number of rotatable bonds is 7. The van der Waals surface area contributed by atoms with Gasteiger partial charge in [0.05, 0.1) is 25.8 Å². The number of halogens is 3. The molecule has 0 spiro atoms. The molecular weight excluding hydrogens is 339 g/mol. The maximum atomic E-state index is 12.4. The number of anilines is 1. The molecule has 0 radical (unpaired) electrons. The Labute approximate surface area is 142 Å². The molecule has 1 N–H and O–H groups in total. The molecule has 2 rings (SSSR count). The predicted octanol–water partition coefficient (Wildman–Crippen LogP) is 4.00. The highest BCUT2D eigenvalue weighted by Gasteiger charge is 2.32. The van der Waals surface area contributed by atoms with E-state index in [4.69, 9.17) is 9.47 Å². The van der Waals surface area contributed by atoms with Gasteiger partial charge in [0.2, 0.25) is 5.91 Å². The Kier molecular flexibility index (Phi) is 6.10. The fraction of sp³-hybridized carbons (Fsp3) is 0.235. The minimum atomic E-state index is -4.84. The first-order valence-corrected chi connectivity index (χ1v) is 7.29. The Morgan fingerprint density at radius 2 is 1.60 bits per heavy atom. The van der Waals surface area contributed by atoms with Crippen LogP contribution in [0.25, 0.3) is 0 Å². The van der Waals surface area contributed by atoms with Gasteiger partial charge in [-0.1, -0.05) is 24.3 Å². The lowest BCUT2D eigenvalue weighted by molar-refractivity contribution is -0.274. The maximum Gasteiger partial charge on any atom is 0.573 e. The number of carbonyl (C=O) groups is 1. The van der Waals surface area contributed by atoms with Gasteiger partial charge in [0.15, 0.2) is 17.2 Å². The smallest absolute Gasteiger partial charge is 0.493 e. The highest BCUT2D eigenvalue weighted by atomic mass is 19.4. The lowest BCUT2D eigenvalue weighted by atomic mass is 10.3. The number of amides is 1. The van der Waals surface area contributed by atoms with Crippen molar-refractivity contribution < 1.29 is 32.2 Å². The highest BCUT2D eigenvalue weighted by Crippen LogP contribution is 2.30. The first-order chi connectivity index (χ1) is 11.9. The summed E-state index contributed by atoms with van der Waals surface area (Å²) in [7, 11) is 1.49. The van der Waals surface area contributed by atoms with E-state index in [2.05, 4.69) is 10.1 Å². The van der Waals surface area contributed by atoms with Crippen LogP contribution in [-0.2, 0) is 4.79 Å². The van der Waals surface area contributed by atoms with Crippen molar-refractivity contribution in [3.05, 3.63) is 48.5 Å². The van der Waals surface area contributed by atoms with E-state index < -0.39 is 18.0 Å². The van der Waals surface area contributed by atoms with Crippen molar-refractivity contribution in [1.29, 1.82) is 0 Å². The third-order valence-corrected chi connectivity index (χ3v) is 3.04. The van der Waals surface area contributed by atoms with Crippen LogP contribution in [0.15, 0.2) is 48.5 Å². The van der Waals surface area contributed by atoms with Crippen molar-refractivity contribution in [3.63, 3.8) is 0 Å². The molecule has 0 unspecified atom stereocenters. The summed E-state index contributed by atoms with van der Waals surface area (Å²) >= 11 is 0. The number of para-hydroxylation sites is 4. The molecule has 0 bridgehead atoms. The van der Waals surface area contributed by atoms with Crippen molar-refractivity contribution >= 4 is 11.6 Å². The van der Waals surface area contributed by atoms with Gasteiger partial charge in [-0.15, -0.1) is 13.2 Å². The van der Waals surface area contributed by atoms with Gasteiger partial charge in [-0.25, -0.2) is 0 Å². The fourth-order valence-electron chi connectivity index (χ4n) is 1.99. The van der Waals surface area contributed by atoms with E-state index in [1.165, 1.54) is 25.3 Å². The van der Waals surface area contributed by atoms with Crippen LogP contribution in [0.5, 0.6) is 17.2 Å². The molecule has 0 saturated carbocycles. The molecule has 0 heterocycles. The molecule has 0 saturated heterocycles. The maximum absolute atomic E-state index is 12.4. The number of methoxy groups -OCH3 is 1. The lowest BCUT2D eigenvalue weighted by Crippen LogP contribution is -2.20. The molecule has 0 aliphatic heterocycles. The number of hydrogen-bond acceptors (Lipinski definition) is 4. The highest BCUT2D eigenvalue weighted by molar-refractivity contribution is 5.92. The molecule has 0 atom stereocenters. The molecule has 2 aromatic rings. The Morgan fingerprint density at radius 3 is 2.24 bits per heavy atom. The van der Waals surface area contributed by atoms with Crippen LogP contribution in [0.2, 0.25) is 0 Å². The van der Waals surface area contributed by atoms with Crippen LogP contribution in [0, 0.1) is 0 Å². The standard InChI is InChI=1S/C17H16F3NO4/c1-23-14-8-4-5-9-15(14)24-11-10-16(22)21-12-6-2-3-7-13(12)25-17(18,19)20/h2-9H,10-11H2,1H3,(H,21,22). The van der Waals surface area contributed by atoms with Crippen molar-refractivity contribution in [3.8, 4) is 17.2 Å². The third kappa shape index (κ3) is 5.91. The zero-order valence-corrected chi connectivity index (χ0v) is 13.3. The molecule has 5 nitrogen and oxygen atoms in total. The second kappa shape index (κ2) is 8.27. The van der Waals surface area contributed by atoms with E-state index in [1.54, 1.807) is 24.3 Å². The topological polar surface area (TPSA) is 56.8 Å². The molecule has 134 valence electrons. The van der Waals surface area contributed by atoms with Gasteiger partial charge in [0.25, 0.3) is 0 Å². The van der Waals surface area contributed by atoms with E-state index in [1.807, 2.05) is 0 Å². The molecule has 0 aliphatic carbocycles. The lowest BCUT2D eigenvalue weighted by Gasteiger charge is -2.14. The second-order valence-electron chi connectivity index (χ2n) is 4.84. The average Bonchev–Trinajstić information content (AvgIpc) is 2.56. The fourth-order valence-corrected chi connectivity index (χ4v) is 1.99. The molecule has 0 aromatic heterocycles. The van der Waals surface area contributed by atoms with Gasteiger partial charge in [-0.2, -0.15) is 0 Å². The molecular formula is C17H16F3NO4. The number of ether oxygens (including phenoxy) is 3. The van der Waals surface area contributed by atoms with E-state index in [0.29, 0.717) is 11.5 Å². The molecule has 2 aromatic carbocycles. The quantitative estimate of drug-likeness (QED) is 0.816. The monoisotopic (exact) mass is 355 g/mol. The second-order valence-corrected chi connectivity index (χ2v) is 4.84. The number of hydrogen-bond donors (Lipinski definition) is 1. The first-order valence-electron chi connectivity index (χ1n) is 7.29. The number of alkyl halides is 3. The summed E-state index contributed by atoms with van der Waals surface area (Å²) in [4.78, 5) is 11.9. The van der Waals surface area contributed by atoms with E-state index in [9.17, 15) is 18.0 Å². The van der Waals surface area contributed by atoms with E-state index in [-0.39, 0.29) is 18.7 Å². The summed E-state index contributed by atoms with van der Waals surface area (Å²) in [5.41, 5.74) is -0.0675. The number of carbonyl (C=O) groups excluding carboxylic acids is 1. The van der Waals surface area contributed by atoms with Gasteiger partial charge >= 0.3 is 6.36 Å². The van der Waals surface area contributed by atoms with Crippen LogP contribution in [-0.4, -0.2) is 26.0 Å². The van der Waals surface area contributed by atoms with Crippen molar-refractivity contribution in [1.82, 2.24) is 0 Å². The van der Waals surface area contributed by atoms with Crippen LogP contribution >= 0.6 is 0 Å². The van der Waals surface area contributed by atoms with Gasteiger partial charge < -0.3 is 19.5 Å². The van der Waals surface area contributed by atoms with E-state index in [0.717, 1.165) is 6.07 Å². The molecule has 25 heavy (non-hydrogen) atoms. The zero-order valence-electron chi connectivity index (χ0n) is 13.3. The van der Waals surface area contributed by atoms with Gasteiger partial charge in [-0.05, 0) is 24.3 Å². The molecule has 1 amide bonds. The van der Waals surface area contributed by atoms with E-state index >= 15 is 0 Å². The minimum Gasteiger partial charge on any atom is -0.493 e. The summed E-state index contributed by atoms with van der Waals surface area (Å²) in [5, 5.41) is 2.37. The van der Waals surface area contributed by atoms with Crippen LogP contribution in [0.1, 0.15) is 6.42 Å². The first kappa shape index (κ1) is 18.4. The normalized spacial score (nSPS) is 10.9. The summed E-state index contributed by atoms with van der Waals surface area (Å²) in [6.07, 6.45) is -4.90. The zero-order chi connectivity index (χ0) is 18.3. The SMILES string of the molecule is COc1ccccc1OCCC(=O)Nc1ccccc1OC(F)(F)F. The van der Waals surface area contributed by atoms with Gasteiger partial charge in [-0.3, -0.25) is 4.79 Å². The number of nitrogens with one attached hydrogen (secondary N) is 1. The van der Waals surface area contributed by atoms with Crippen LogP contribution in [0.3, 0.4) is 0 Å². The summed E-state index contributed by atoms with van der Waals surface area (Å²) in [5.74, 6) is 0.00700. The average molecular weight is 355 g/mol. The van der Waals surface area contributed by atoms with Crippen molar-refractivity contribution in [2.24, 2.45) is 0 Å². The van der Waals surface area contributed by atoms with Crippen LogP contribution in [0.4, 0.5) is 18.9 Å². The Morgan fingerprint density at radius 1 is 1.00 bits per heavy atom. The Bertz CT molecular complexity index is 719. The summed E-state index contributed by atoms with van der Waals surface area (Å²) < 4.78 is 51.5. The van der Waals surface area contributed by atoms with Crippen molar-refractivity contribution in [2.75, 3.05) is 19.0 Å². The minimum absolute atomic E-state index is 0.0362. The Balaban J connectivity index is 1.91. The Hall–Kier alpha value is -2.90. The van der Waals surface area contributed by atoms with Crippen molar-refractivity contribution in [2.45, 2.75) is 12.8 Å². The largest absolute Gasteiger partial charge is 0.573 e. The summed E-state index contributed by atoms with van der Waals surface area (Å²) in [6, 6.07) is 12.2. The van der Waals surface area contributed by atoms with Crippen LogP contribution < -0.4 is 19.5 Å². The van der Waals surface area contributed by atoms with Gasteiger partial charge in [0.1, 0.15) is 0 Å². The third-order valence-electron chi connectivity index (χ3n) is 3.04. The molecule has 8 heteroatoms. The molecule has 0 fully saturated rings. The molecule has 0 aliphatic rings. The van der Waals surface area contributed by atoms with Gasteiger partial charge in [0, 0.05) is 0 Å². The number of benzene rings is 2. The summed E-state index contributed by atoms with van der Waals surface area (Å²) in [6.45, 7) is 0.0362.